The first-order valence-corrected chi connectivity index (χ1v) is 8.35. The number of carbonyl (C=O) groups excluding carboxylic acids is 2. The van der Waals surface area contributed by atoms with Gasteiger partial charge in [-0.05, 0) is 25.1 Å². The van der Waals surface area contributed by atoms with Gasteiger partial charge in [-0.25, -0.2) is 4.79 Å². The van der Waals surface area contributed by atoms with Gasteiger partial charge in [0.25, 0.3) is 5.69 Å². The number of ketones is 1. The van der Waals surface area contributed by atoms with E-state index >= 15 is 0 Å². The minimum Gasteiger partial charge on any atom is -0.451 e. The second-order valence-corrected chi connectivity index (χ2v) is 6.00. The molecular weight excluding hydrogens is 376 g/mol. The lowest BCUT2D eigenvalue weighted by molar-refractivity contribution is -0.384. The van der Waals surface area contributed by atoms with Gasteiger partial charge >= 0.3 is 5.97 Å². The van der Waals surface area contributed by atoms with Gasteiger partial charge in [0.15, 0.2) is 6.10 Å². The fourth-order valence-electron chi connectivity index (χ4n) is 2.31. The topological polar surface area (TPSA) is 119 Å². The second-order valence-electron chi connectivity index (χ2n) is 5.56. The molecule has 2 aromatic rings. The summed E-state index contributed by atoms with van der Waals surface area (Å²) in [6.07, 6.45) is -1.12. The number of nitro benzene ring substituents is 1. The van der Waals surface area contributed by atoms with E-state index in [-0.39, 0.29) is 35.7 Å². The predicted molar refractivity (Wildman–Crippen MR) is 99.3 cm³/mol. The maximum absolute atomic E-state index is 12.5. The molecular formula is C18H17ClN2O6. The van der Waals surface area contributed by atoms with E-state index in [2.05, 4.69) is 5.32 Å². The lowest BCUT2D eigenvalue weighted by atomic mass is 10.1. The van der Waals surface area contributed by atoms with Crippen LogP contribution >= 0.6 is 11.6 Å². The number of ether oxygens (including phenoxy) is 1. The van der Waals surface area contributed by atoms with Crippen LogP contribution in [0.1, 0.15) is 27.6 Å². The molecule has 0 aliphatic carbocycles. The van der Waals surface area contributed by atoms with Gasteiger partial charge in [0.2, 0.25) is 5.78 Å². The van der Waals surface area contributed by atoms with E-state index in [9.17, 15) is 19.7 Å². The van der Waals surface area contributed by atoms with Gasteiger partial charge in [0.05, 0.1) is 17.1 Å². The number of aliphatic hydroxyl groups excluding tert-OH is 1. The molecule has 2 N–H and O–H groups in total. The number of aliphatic hydroxyl groups is 1. The number of halogens is 1. The zero-order valence-corrected chi connectivity index (χ0v) is 15.1. The molecule has 27 heavy (non-hydrogen) atoms. The summed E-state index contributed by atoms with van der Waals surface area (Å²) in [5.41, 5.74) is 0.122. The van der Waals surface area contributed by atoms with Crippen LogP contribution in [0.3, 0.4) is 0 Å². The summed E-state index contributed by atoms with van der Waals surface area (Å²) in [5, 5.41) is 23.0. The molecule has 0 bridgehead atoms. The highest BCUT2D eigenvalue weighted by molar-refractivity contribution is 6.31. The molecule has 1 atom stereocenters. The molecule has 0 heterocycles. The van der Waals surface area contributed by atoms with Crippen LogP contribution in [0.25, 0.3) is 0 Å². The van der Waals surface area contributed by atoms with Crippen LogP contribution in [0.15, 0.2) is 42.5 Å². The first kappa shape index (κ1) is 20.3. The SMILES string of the molecule is C[C@@H](OC(=O)c1cc([N+](=O)[O-])ccc1NCCO)C(=O)c1cccc(Cl)c1. The molecule has 0 spiro atoms. The highest BCUT2D eigenvalue weighted by Gasteiger charge is 2.24. The Morgan fingerprint density at radius 1 is 1.30 bits per heavy atom. The first-order chi connectivity index (χ1) is 12.8. The van der Waals surface area contributed by atoms with E-state index in [0.717, 1.165) is 6.07 Å². The highest BCUT2D eigenvalue weighted by Crippen LogP contribution is 2.24. The Morgan fingerprint density at radius 2 is 2.04 bits per heavy atom. The standard InChI is InChI=1S/C18H17ClN2O6/c1-11(17(23)12-3-2-4-13(19)9-12)27-18(24)15-10-14(21(25)26)5-6-16(15)20-7-8-22/h2-6,9-11,20,22H,7-8H2,1H3/t11-/m1/s1. The summed E-state index contributed by atoms with van der Waals surface area (Å²) >= 11 is 5.86. The van der Waals surface area contributed by atoms with Gasteiger partial charge in [0, 0.05) is 35.0 Å². The van der Waals surface area contributed by atoms with Gasteiger partial charge < -0.3 is 15.2 Å². The van der Waals surface area contributed by atoms with Crippen molar-refractivity contribution in [3.63, 3.8) is 0 Å². The average Bonchev–Trinajstić information content (AvgIpc) is 2.65. The second kappa shape index (κ2) is 9.11. The third-order valence-corrected chi connectivity index (χ3v) is 3.86. The largest absolute Gasteiger partial charge is 0.451 e. The van der Waals surface area contributed by atoms with Crippen molar-refractivity contribution in [1.82, 2.24) is 0 Å². The minimum absolute atomic E-state index is 0.108. The Labute approximate surface area is 159 Å². The molecule has 2 aromatic carbocycles. The molecule has 2 rings (SSSR count). The van der Waals surface area contributed by atoms with Gasteiger partial charge in [-0.1, -0.05) is 23.7 Å². The van der Waals surface area contributed by atoms with Crippen molar-refractivity contribution in [1.29, 1.82) is 0 Å². The Morgan fingerprint density at radius 3 is 2.67 bits per heavy atom. The molecule has 0 amide bonds. The summed E-state index contributed by atoms with van der Waals surface area (Å²) in [7, 11) is 0. The molecule has 8 nitrogen and oxygen atoms in total. The van der Waals surface area contributed by atoms with Crippen molar-refractivity contribution in [3.05, 3.63) is 68.7 Å². The number of rotatable bonds is 8. The number of esters is 1. The summed E-state index contributed by atoms with van der Waals surface area (Å²) < 4.78 is 5.19. The van der Waals surface area contributed by atoms with Crippen LogP contribution in [0.5, 0.6) is 0 Å². The lowest BCUT2D eigenvalue weighted by Crippen LogP contribution is -2.25. The van der Waals surface area contributed by atoms with Gasteiger partial charge in [-0.3, -0.25) is 14.9 Å². The maximum atomic E-state index is 12.5. The Hall–Kier alpha value is -2.97. The molecule has 142 valence electrons. The Balaban J connectivity index is 2.23. The van der Waals surface area contributed by atoms with Crippen LogP contribution in [0.4, 0.5) is 11.4 Å². The summed E-state index contributed by atoms with van der Waals surface area (Å²) in [5.74, 6) is -1.36. The van der Waals surface area contributed by atoms with Crippen molar-refractivity contribution in [2.45, 2.75) is 13.0 Å². The van der Waals surface area contributed by atoms with E-state index < -0.39 is 22.8 Å². The fourth-order valence-corrected chi connectivity index (χ4v) is 2.50. The summed E-state index contributed by atoms with van der Waals surface area (Å²) in [6.45, 7) is 1.34. The van der Waals surface area contributed by atoms with Crippen LogP contribution in [0, 0.1) is 10.1 Å². The number of hydrogen-bond acceptors (Lipinski definition) is 7. The normalized spacial score (nSPS) is 11.5. The summed E-state index contributed by atoms with van der Waals surface area (Å²) in [4.78, 5) is 35.2. The zero-order valence-electron chi connectivity index (χ0n) is 14.3. The maximum Gasteiger partial charge on any atom is 0.341 e. The molecule has 9 heteroatoms. The number of Topliss-reactive ketones (excluding diaryl/α,β-unsaturated/α-hetero) is 1. The number of hydrogen-bond donors (Lipinski definition) is 2. The van der Waals surface area contributed by atoms with Crippen LogP contribution in [0.2, 0.25) is 5.02 Å². The number of nitrogens with one attached hydrogen (secondary N) is 1. The van der Waals surface area contributed by atoms with Crippen molar-refractivity contribution < 1.29 is 24.4 Å². The number of nitrogens with zero attached hydrogens (tertiary/aromatic N) is 1. The molecule has 0 aliphatic rings. The van der Waals surface area contributed by atoms with Gasteiger partial charge in [-0.2, -0.15) is 0 Å². The molecule has 0 aliphatic heterocycles. The van der Waals surface area contributed by atoms with E-state index in [1.165, 1.54) is 25.1 Å². The molecule has 0 saturated carbocycles. The third-order valence-electron chi connectivity index (χ3n) is 3.62. The van der Waals surface area contributed by atoms with E-state index in [4.69, 9.17) is 21.4 Å². The monoisotopic (exact) mass is 392 g/mol. The minimum atomic E-state index is -1.12. The fraction of sp³-hybridized carbons (Fsp3) is 0.222. The smallest absolute Gasteiger partial charge is 0.341 e. The Bertz CT molecular complexity index is 871. The number of benzene rings is 2. The van der Waals surface area contributed by atoms with Gasteiger partial charge in [0.1, 0.15) is 0 Å². The van der Waals surface area contributed by atoms with Crippen molar-refractivity contribution >= 4 is 34.7 Å². The quantitative estimate of drug-likeness (QED) is 0.306. The molecule has 0 fully saturated rings. The van der Waals surface area contributed by atoms with Crippen molar-refractivity contribution in [3.8, 4) is 0 Å². The van der Waals surface area contributed by atoms with E-state index in [1.54, 1.807) is 18.2 Å². The molecule has 0 aromatic heterocycles. The third kappa shape index (κ3) is 5.25. The number of non-ortho nitro benzene ring substituents is 1. The Kier molecular flexibility index (Phi) is 6.86. The first-order valence-electron chi connectivity index (χ1n) is 7.97. The van der Waals surface area contributed by atoms with Gasteiger partial charge in [-0.15, -0.1) is 0 Å². The number of anilines is 1. The summed E-state index contributed by atoms with van der Waals surface area (Å²) in [6, 6.07) is 9.82. The average molecular weight is 393 g/mol. The number of nitro groups is 1. The lowest BCUT2D eigenvalue weighted by Gasteiger charge is -2.15. The highest BCUT2D eigenvalue weighted by atomic mass is 35.5. The van der Waals surface area contributed by atoms with E-state index in [0.29, 0.717) is 5.02 Å². The molecule has 0 saturated heterocycles. The van der Waals surface area contributed by atoms with Crippen LogP contribution in [-0.2, 0) is 4.74 Å². The van der Waals surface area contributed by atoms with E-state index in [1.807, 2.05) is 0 Å². The zero-order chi connectivity index (χ0) is 20.0. The molecule has 0 unspecified atom stereocenters. The van der Waals surface area contributed by atoms with Crippen LogP contribution < -0.4 is 5.32 Å². The van der Waals surface area contributed by atoms with Crippen molar-refractivity contribution in [2.24, 2.45) is 0 Å². The van der Waals surface area contributed by atoms with Crippen LogP contribution in [-0.4, -0.2) is 41.0 Å². The predicted octanol–water partition coefficient (Wildman–Crippen LogP) is 3.08. The molecule has 0 radical (unpaired) electrons. The number of carbonyl (C=O) groups is 2. The van der Waals surface area contributed by atoms with Crippen molar-refractivity contribution in [2.75, 3.05) is 18.5 Å².